The van der Waals surface area contributed by atoms with Gasteiger partial charge in [-0.3, -0.25) is 4.90 Å². The number of hydrogen-bond donors (Lipinski definition) is 1. The second kappa shape index (κ2) is 9.39. The summed E-state index contributed by atoms with van der Waals surface area (Å²) in [5, 5.41) is 3.38. The summed E-state index contributed by atoms with van der Waals surface area (Å²) in [4.78, 5) is 2.45. The molecule has 1 aromatic rings. The van der Waals surface area contributed by atoms with Crippen LogP contribution >= 0.6 is 12.4 Å². The molecule has 1 atom stereocenters. The molecule has 0 amide bonds. The molecule has 2 rings (SSSR count). The van der Waals surface area contributed by atoms with Gasteiger partial charge in [-0.1, -0.05) is 43.9 Å². The number of halogens is 2. The van der Waals surface area contributed by atoms with Crippen molar-refractivity contribution in [3.8, 4) is 0 Å². The minimum atomic E-state index is -0.0457. The molecule has 1 aromatic carbocycles. The van der Waals surface area contributed by atoms with E-state index >= 15 is 0 Å². The molecule has 4 heteroatoms. The molecule has 0 bridgehead atoms. The maximum atomic E-state index is 14.2. The maximum Gasteiger partial charge on any atom is 0.128 e. The van der Waals surface area contributed by atoms with Gasteiger partial charge in [-0.25, -0.2) is 4.39 Å². The van der Waals surface area contributed by atoms with Crippen molar-refractivity contribution in [2.24, 2.45) is 0 Å². The highest BCUT2D eigenvalue weighted by Gasteiger charge is 2.24. The van der Waals surface area contributed by atoms with Crippen LogP contribution in [0.5, 0.6) is 0 Å². The van der Waals surface area contributed by atoms with Crippen molar-refractivity contribution in [3.63, 3.8) is 0 Å². The third kappa shape index (κ3) is 5.24. The second-order valence-electron chi connectivity index (χ2n) is 5.82. The molecular formula is C17H28ClFN2. The Bertz CT molecular complexity index is 419. The van der Waals surface area contributed by atoms with E-state index in [0.717, 1.165) is 43.7 Å². The van der Waals surface area contributed by atoms with Gasteiger partial charge in [-0.2, -0.15) is 0 Å². The number of nitrogens with one attached hydrogen (secondary N) is 1. The van der Waals surface area contributed by atoms with Gasteiger partial charge in [0.15, 0.2) is 0 Å². The van der Waals surface area contributed by atoms with Gasteiger partial charge in [0, 0.05) is 37.8 Å². The van der Waals surface area contributed by atoms with E-state index in [1.54, 1.807) is 6.07 Å². The van der Waals surface area contributed by atoms with Gasteiger partial charge in [-0.05, 0) is 19.4 Å². The maximum absolute atomic E-state index is 14.2. The van der Waals surface area contributed by atoms with Crippen molar-refractivity contribution >= 4 is 12.4 Å². The lowest BCUT2D eigenvalue weighted by molar-refractivity contribution is 0.159. The van der Waals surface area contributed by atoms with Crippen LogP contribution in [-0.2, 0) is 0 Å². The molecular weight excluding hydrogens is 287 g/mol. The first-order valence-electron chi connectivity index (χ1n) is 7.93. The predicted molar refractivity (Wildman–Crippen MR) is 89.7 cm³/mol. The highest BCUT2D eigenvalue weighted by Crippen LogP contribution is 2.29. The van der Waals surface area contributed by atoms with Crippen molar-refractivity contribution in [2.75, 3.05) is 26.2 Å². The van der Waals surface area contributed by atoms with E-state index in [1.165, 1.54) is 19.3 Å². The zero-order valence-corrected chi connectivity index (χ0v) is 14.0. The zero-order valence-electron chi connectivity index (χ0n) is 13.2. The Morgan fingerprint density at radius 1 is 1.24 bits per heavy atom. The lowest BCUT2D eigenvalue weighted by Crippen LogP contribution is -2.45. The molecule has 120 valence electrons. The van der Waals surface area contributed by atoms with Gasteiger partial charge >= 0.3 is 0 Å². The van der Waals surface area contributed by atoms with Crippen molar-refractivity contribution in [1.82, 2.24) is 10.2 Å². The van der Waals surface area contributed by atoms with Gasteiger partial charge in [0.05, 0.1) is 0 Å². The fourth-order valence-corrected chi connectivity index (χ4v) is 3.03. The second-order valence-corrected chi connectivity index (χ2v) is 5.82. The van der Waals surface area contributed by atoms with E-state index in [1.807, 2.05) is 19.1 Å². The monoisotopic (exact) mass is 314 g/mol. The van der Waals surface area contributed by atoms with Gasteiger partial charge in [0.25, 0.3) is 0 Å². The molecule has 0 aromatic heterocycles. The Balaban J connectivity index is 0.00000220. The summed E-state index contributed by atoms with van der Waals surface area (Å²) in [6.07, 6.45) is 4.69. The lowest BCUT2D eigenvalue weighted by atomic mass is 9.96. The van der Waals surface area contributed by atoms with E-state index in [9.17, 15) is 4.39 Å². The average molecular weight is 315 g/mol. The molecule has 1 aliphatic rings. The molecule has 0 spiro atoms. The van der Waals surface area contributed by atoms with Crippen molar-refractivity contribution in [2.45, 2.75) is 45.6 Å². The van der Waals surface area contributed by atoms with Crippen LogP contribution in [0.1, 0.15) is 49.8 Å². The predicted octanol–water partition coefficient (Wildman–Crippen LogP) is 4.08. The number of nitrogens with zero attached hydrogens (tertiary/aromatic N) is 1. The Labute approximate surface area is 134 Å². The molecule has 1 fully saturated rings. The topological polar surface area (TPSA) is 15.3 Å². The summed E-state index contributed by atoms with van der Waals surface area (Å²) in [5.74, 6) is -0.0457. The molecule has 1 aliphatic heterocycles. The average Bonchev–Trinajstić information content (AvgIpc) is 2.48. The molecule has 1 N–H and O–H groups in total. The molecule has 1 heterocycles. The summed E-state index contributed by atoms with van der Waals surface area (Å²) in [5.41, 5.74) is 2.04. The minimum absolute atomic E-state index is 0. The number of hydrogen-bond acceptors (Lipinski definition) is 2. The highest BCUT2D eigenvalue weighted by molar-refractivity contribution is 5.85. The SMILES string of the molecule is CCCCC[C@H](c1cc(C)ccc1F)N1CCNCC1.Cl. The van der Waals surface area contributed by atoms with Crippen LogP contribution in [0.3, 0.4) is 0 Å². The van der Waals surface area contributed by atoms with Crippen molar-refractivity contribution in [3.05, 3.63) is 35.1 Å². The van der Waals surface area contributed by atoms with Gasteiger partial charge in [-0.15, -0.1) is 12.4 Å². The van der Waals surface area contributed by atoms with Crippen LogP contribution in [0, 0.1) is 12.7 Å². The largest absolute Gasteiger partial charge is 0.314 e. The third-order valence-corrected chi connectivity index (χ3v) is 4.18. The Morgan fingerprint density at radius 2 is 1.95 bits per heavy atom. The van der Waals surface area contributed by atoms with Crippen LogP contribution < -0.4 is 5.32 Å². The summed E-state index contributed by atoms with van der Waals surface area (Å²) >= 11 is 0. The molecule has 1 saturated heterocycles. The van der Waals surface area contributed by atoms with Crippen molar-refractivity contribution in [1.29, 1.82) is 0 Å². The highest BCUT2D eigenvalue weighted by atomic mass is 35.5. The summed E-state index contributed by atoms with van der Waals surface area (Å²) < 4.78 is 14.2. The first kappa shape index (κ1) is 18.4. The quantitative estimate of drug-likeness (QED) is 0.796. The Kier molecular flexibility index (Phi) is 8.23. The molecule has 0 radical (unpaired) electrons. The standard InChI is InChI=1S/C17H27FN2.ClH/c1-3-4-5-6-17(20-11-9-19-10-12-20)15-13-14(2)7-8-16(15)18;/h7-8,13,17,19H,3-6,9-12H2,1-2H3;1H/t17-;/m1./s1. The van der Waals surface area contributed by atoms with Crippen LogP contribution in [0.25, 0.3) is 0 Å². The fourth-order valence-electron chi connectivity index (χ4n) is 3.03. The Hall–Kier alpha value is -0.640. The first-order valence-corrected chi connectivity index (χ1v) is 7.93. The number of benzene rings is 1. The molecule has 0 aliphatic carbocycles. The van der Waals surface area contributed by atoms with Crippen LogP contribution in [-0.4, -0.2) is 31.1 Å². The smallest absolute Gasteiger partial charge is 0.128 e. The number of unbranched alkanes of at least 4 members (excludes halogenated alkanes) is 2. The van der Waals surface area contributed by atoms with E-state index in [-0.39, 0.29) is 24.3 Å². The fraction of sp³-hybridized carbons (Fsp3) is 0.647. The lowest BCUT2D eigenvalue weighted by Gasteiger charge is -2.35. The van der Waals surface area contributed by atoms with Crippen LogP contribution in [0.2, 0.25) is 0 Å². The van der Waals surface area contributed by atoms with Crippen molar-refractivity contribution < 1.29 is 4.39 Å². The summed E-state index contributed by atoms with van der Waals surface area (Å²) in [6, 6.07) is 5.76. The number of rotatable bonds is 6. The number of piperazine rings is 1. The van der Waals surface area contributed by atoms with E-state index in [4.69, 9.17) is 0 Å². The van der Waals surface area contributed by atoms with E-state index in [0.29, 0.717) is 0 Å². The van der Waals surface area contributed by atoms with Crippen LogP contribution in [0.15, 0.2) is 18.2 Å². The molecule has 21 heavy (non-hydrogen) atoms. The summed E-state index contributed by atoms with van der Waals surface area (Å²) in [6.45, 7) is 8.32. The van der Waals surface area contributed by atoms with Gasteiger partial charge in [0.2, 0.25) is 0 Å². The first-order chi connectivity index (χ1) is 9.72. The summed E-state index contributed by atoms with van der Waals surface area (Å²) in [7, 11) is 0. The Morgan fingerprint density at radius 3 is 2.62 bits per heavy atom. The third-order valence-electron chi connectivity index (χ3n) is 4.18. The van der Waals surface area contributed by atoms with Gasteiger partial charge in [0.1, 0.15) is 5.82 Å². The molecule has 2 nitrogen and oxygen atoms in total. The normalized spacial score (nSPS) is 17.3. The van der Waals surface area contributed by atoms with Gasteiger partial charge < -0.3 is 5.32 Å². The molecule has 0 unspecified atom stereocenters. The van der Waals surface area contributed by atoms with E-state index in [2.05, 4.69) is 17.1 Å². The zero-order chi connectivity index (χ0) is 14.4. The molecule has 0 saturated carbocycles. The van der Waals surface area contributed by atoms with Crippen LogP contribution in [0.4, 0.5) is 4.39 Å². The minimum Gasteiger partial charge on any atom is -0.314 e. The van der Waals surface area contributed by atoms with E-state index < -0.39 is 0 Å². The number of aryl methyl sites for hydroxylation is 1.